The fraction of sp³-hybridized carbons (Fsp3) is 0.533. The van der Waals surface area contributed by atoms with E-state index in [0.717, 1.165) is 24.7 Å². The molecule has 1 unspecified atom stereocenters. The van der Waals surface area contributed by atoms with Crippen LogP contribution < -0.4 is 10.6 Å². The van der Waals surface area contributed by atoms with Crippen molar-refractivity contribution in [1.82, 2.24) is 25.4 Å². The Morgan fingerprint density at radius 3 is 2.86 bits per heavy atom. The van der Waals surface area contributed by atoms with Crippen molar-refractivity contribution in [3.8, 4) is 0 Å². The molecule has 120 valence electrons. The smallest absolute Gasteiger partial charge is 0.191 e. The maximum Gasteiger partial charge on any atom is 0.191 e. The van der Waals surface area contributed by atoms with E-state index in [1.165, 1.54) is 9.75 Å². The van der Waals surface area contributed by atoms with E-state index in [1.807, 2.05) is 18.4 Å². The fourth-order valence-corrected chi connectivity index (χ4v) is 3.13. The van der Waals surface area contributed by atoms with Gasteiger partial charge in [0, 0.05) is 35.8 Å². The Kier molecular flexibility index (Phi) is 5.94. The van der Waals surface area contributed by atoms with E-state index in [2.05, 4.69) is 58.6 Å². The number of hydrogen-bond donors (Lipinski definition) is 2. The van der Waals surface area contributed by atoms with Gasteiger partial charge in [0.05, 0.1) is 0 Å². The molecular formula is C15H24N6S. The van der Waals surface area contributed by atoms with E-state index in [4.69, 9.17) is 0 Å². The molecule has 2 heterocycles. The van der Waals surface area contributed by atoms with E-state index in [1.54, 1.807) is 11.0 Å². The summed E-state index contributed by atoms with van der Waals surface area (Å²) in [5, 5.41) is 10.8. The zero-order chi connectivity index (χ0) is 15.9. The lowest BCUT2D eigenvalue weighted by atomic mass is 10.2. The Bertz CT molecular complexity index is 615. The van der Waals surface area contributed by atoms with Gasteiger partial charge in [0.15, 0.2) is 5.96 Å². The Morgan fingerprint density at radius 1 is 1.45 bits per heavy atom. The molecule has 2 rings (SSSR count). The van der Waals surface area contributed by atoms with Crippen LogP contribution in [0.2, 0.25) is 0 Å². The third-order valence-electron chi connectivity index (χ3n) is 3.21. The van der Waals surface area contributed by atoms with Crippen molar-refractivity contribution in [3.05, 3.63) is 34.0 Å². The highest BCUT2D eigenvalue weighted by molar-refractivity contribution is 7.11. The second kappa shape index (κ2) is 7.93. The lowest BCUT2D eigenvalue weighted by molar-refractivity contribution is 0.641. The highest BCUT2D eigenvalue weighted by Gasteiger charge is 2.08. The predicted octanol–water partition coefficient (Wildman–Crippen LogP) is 1.87. The van der Waals surface area contributed by atoms with Crippen molar-refractivity contribution in [2.24, 2.45) is 12.0 Å². The molecule has 0 aliphatic rings. The quantitative estimate of drug-likeness (QED) is 0.630. The molecule has 0 saturated heterocycles. The number of guanidine groups is 1. The number of rotatable bonds is 6. The summed E-state index contributed by atoms with van der Waals surface area (Å²) in [6.07, 6.45) is 2.54. The standard InChI is InChI=1S/C15H24N6S/c1-5-16-15(17-9-14-18-10-19-21(14)4)20-11(2)8-13-7-6-12(3)22-13/h6-7,10-11H,5,8-9H2,1-4H3,(H2,16,17,20). The van der Waals surface area contributed by atoms with Gasteiger partial charge >= 0.3 is 0 Å². The number of aliphatic imine (C=N–C) groups is 1. The van der Waals surface area contributed by atoms with Crippen molar-refractivity contribution >= 4 is 17.3 Å². The number of nitrogens with one attached hydrogen (secondary N) is 2. The van der Waals surface area contributed by atoms with Crippen LogP contribution in [0.3, 0.4) is 0 Å². The van der Waals surface area contributed by atoms with Gasteiger partial charge in [-0.2, -0.15) is 5.10 Å². The molecule has 0 aliphatic carbocycles. The van der Waals surface area contributed by atoms with Crippen molar-refractivity contribution < 1.29 is 0 Å². The maximum atomic E-state index is 4.58. The molecule has 0 radical (unpaired) electrons. The summed E-state index contributed by atoms with van der Waals surface area (Å²) in [7, 11) is 1.87. The summed E-state index contributed by atoms with van der Waals surface area (Å²) in [6, 6.07) is 4.68. The second-order valence-electron chi connectivity index (χ2n) is 5.26. The predicted molar refractivity (Wildman–Crippen MR) is 91.2 cm³/mol. The van der Waals surface area contributed by atoms with Crippen LogP contribution in [-0.4, -0.2) is 33.3 Å². The zero-order valence-corrected chi connectivity index (χ0v) is 14.4. The average molecular weight is 320 g/mol. The summed E-state index contributed by atoms with van der Waals surface area (Å²) in [6.45, 7) is 7.71. The van der Waals surface area contributed by atoms with Gasteiger partial charge in [0.1, 0.15) is 18.7 Å². The summed E-state index contributed by atoms with van der Waals surface area (Å²) < 4.78 is 1.74. The van der Waals surface area contributed by atoms with Gasteiger partial charge < -0.3 is 10.6 Å². The molecule has 2 aromatic heterocycles. The molecule has 2 aromatic rings. The van der Waals surface area contributed by atoms with E-state index in [9.17, 15) is 0 Å². The molecule has 0 bridgehead atoms. The summed E-state index contributed by atoms with van der Waals surface area (Å²) in [4.78, 5) is 11.5. The monoisotopic (exact) mass is 320 g/mol. The third-order valence-corrected chi connectivity index (χ3v) is 4.24. The van der Waals surface area contributed by atoms with Crippen LogP contribution in [-0.2, 0) is 20.0 Å². The van der Waals surface area contributed by atoms with Gasteiger partial charge in [-0.15, -0.1) is 11.3 Å². The van der Waals surface area contributed by atoms with Crippen LogP contribution in [0, 0.1) is 6.92 Å². The van der Waals surface area contributed by atoms with Gasteiger partial charge in [-0.3, -0.25) is 4.68 Å². The second-order valence-corrected chi connectivity index (χ2v) is 6.63. The molecule has 0 saturated carbocycles. The topological polar surface area (TPSA) is 67.1 Å². The molecule has 1 atom stereocenters. The Balaban J connectivity index is 1.93. The van der Waals surface area contributed by atoms with Crippen molar-refractivity contribution in [3.63, 3.8) is 0 Å². The van der Waals surface area contributed by atoms with Gasteiger partial charge in [-0.25, -0.2) is 9.98 Å². The lowest BCUT2D eigenvalue weighted by Gasteiger charge is -2.17. The number of hydrogen-bond acceptors (Lipinski definition) is 4. The van der Waals surface area contributed by atoms with Crippen LogP contribution in [0.1, 0.15) is 29.4 Å². The molecule has 0 aliphatic heterocycles. The number of thiophene rings is 1. The Morgan fingerprint density at radius 2 is 2.27 bits per heavy atom. The van der Waals surface area contributed by atoms with Crippen LogP contribution in [0.5, 0.6) is 0 Å². The van der Waals surface area contributed by atoms with Gasteiger partial charge in [-0.05, 0) is 32.9 Å². The molecule has 7 heteroatoms. The van der Waals surface area contributed by atoms with E-state index in [-0.39, 0.29) is 0 Å². The summed E-state index contributed by atoms with van der Waals surface area (Å²) >= 11 is 1.85. The minimum absolute atomic E-state index is 0.315. The van der Waals surface area contributed by atoms with Crippen LogP contribution in [0.4, 0.5) is 0 Å². The Hall–Kier alpha value is -1.89. The minimum atomic E-state index is 0.315. The molecule has 22 heavy (non-hydrogen) atoms. The SMILES string of the molecule is CCNC(=NCc1ncnn1C)NC(C)Cc1ccc(C)s1. The highest BCUT2D eigenvalue weighted by Crippen LogP contribution is 2.16. The first-order valence-electron chi connectivity index (χ1n) is 7.51. The molecular weight excluding hydrogens is 296 g/mol. The van der Waals surface area contributed by atoms with E-state index in [0.29, 0.717) is 12.6 Å². The molecule has 6 nitrogen and oxygen atoms in total. The Labute approximate surface area is 135 Å². The van der Waals surface area contributed by atoms with Gasteiger partial charge in [0.2, 0.25) is 0 Å². The molecule has 0 spiro atoms. The zero-order valence-electron chi connectivity index (χ0n) is 13.6. The fourth-order valence-electron chi connectivity index (χ4n) is 2.11. The van der Waals surface area contributed by atoms with Crippen LogP contribution in [0.25, 0.3) is 0 Å². The molecule has 0 aromatic carbocycles. The van der Waals surface area contributed by atoms with Crippen molar-refractivity contribution in [1.29, 1.82) is 0 Å². The van der Waals surface area contributed by atoms with E-state index >= 15 is 0 Å². The lowest BCUT2D eigenvalue weighted by Crippen LogP contribution is -2.43. The van der Waals surface area contributed by atoms with Crippen LogP contribution >= 0.6 is 11.3 Å². The number of aryl methyl sites for hydroxylation is 2. The highest BCUT2D eigenvalue weighted by atomic mass is 32.1. The van der Waals surface area contributed by atoms with E-state index < -0.39 is 0 Å². The number of aromatic nitrogens is 3. The molecule has 0 fully saturated rings. The number of nitrogens with zero attached hydrogens (tertiary/aromatic N) is 4. The van der Waals surface area contributed by atoms with Crippen molar-refractivity contribution in [2.75, 3.05) is 6.54 Å². The first-order chi connectivity index (χ1) is 10.6. The largest absolute Gasteiger partial charge is 0.357 e. The first kappa shape index (κ1) is 16.5. The summed E-state index contributed by atoms with van der Waals surface area (Å²) in [5.41, 5.74) is 0. The van der Waals surface area contributed by atoms with Gasteiger partial charge in [-0.1, -0.05) is 0 Å². The average Bonchev–Trinajstić information content (AvgIpc) is 3.05. The molecule has 2 N–H and O–H groups in total. The van der Waals surface area contributed by atoms with Crippen molar-refractivity contribution in [2.45, 2.75) is 39.8 Å². The summed E-state index contributed by atoms with van der Waals surface area (Å²) in [5.74, 6) is 1.66. The normalized spacial score (nSPS) is 13.2. The minimum Gasteiger partial charge on any atom is -0.357 e. The maximum absolute atomic E-state index is 4.58. The third kappa shape index (κ3) is 4.84. The van der Waals surface area contributed by atoms with Gasteiger partial charge in [0.25, 0.3) is 0 Å². The van der Waals surface area contributed by atoms with Crippen LogP contribution in [0.15, 0.2) is 23.5 Å². The first-order valence-corrected chi connectivity index (χ1v) is 8.33. The molecule has 0 amide bonds.